The summed E-state index contributed by atoms with van der Waals surface area (Å²) in [6.45, 7) is 11.0. The normalized spacial score (nSPS) is 11.0. The van der Waals surface area contributed by atoms with E-state index in [0.29, 0.717) is 5.69 Å². The zero-order chi connectivity index (χ0) is 17.6. The van der Waals surface area contributed by atoms with E-state index in [-0.39, 0.29) is 0 Å². The second-order valence-electron chi connectivity index (χ2n) is 5.94. The Balaban J connectivity index is 1.89. The Kier molecular flexibility index (Phi) is 3.36. The van der Waals surface area contributed by atoms with Gasteiger partial charge in [0.2, 0.25) is 0 Å². The predicted molar refractivity (Wildman–Crippen MR) is 95.2 cm³/mol. The summed E-state index contributed by atoms with van der Waals surface area (Å²) in [5.74, 6) is 1.57. The number of hydrogen-bond acceptors (Lipinski definition) is 4. The average molecular weight is 329 g/mol. The molecule has 6 nitrogen and oxygen atoms in total. The summed E-state index contributed by atoms with van der Waals surface area (Å²) in [6.07, 6.45) is 3.59. The quantitative estimate of drug-likeness (QED) is 0.509. The van der Waals surface area contributed by atoms with E-state index in [1.807, 2.05) is 43.7 Å². The molecule has 0 aliphatic heterocycles. The highest BCUT2D eigenvalue weighted by Gasteiger charge is 2.15. The molecule has 3 aromatic heterocycles. The molecule has 1 aromatic carbocycles. The highest BCUT2D eigenvalue weighted by molar-refractivity contribution is 5.84. The Bertz CT molecular complexity index is 1130. The van der Waals surface area contributed by atoms with Crippen LogP contribution in [0.5, 0.6) is 0 Å². The van der Waals surface area contributed by atoms with Gasteiger partial charge in [-0.2, -0.15) is 0 Å². The molecule has 0 unspecified atom stereocenters. The molecule has 4 rings (SSSR count). The molecule has 4 aromatic rings. The molecular formula is C19H15N5O. The summed E-state index contributed by atoms with van der Waals surface area (Å²) < 4.78 is 7.25. The third kappa shape index (κ3) is 2.37. The number of hydrogen-bond donors (Lipinski definition) is 0. The number of benzene rings is 1. The van der Waals surface area contributed by atoms with Gasteiger partial charge in [0.1, 0.15) is 11.6 Å². The fourth-order valence-corrected chi connectivity index (χ4v) is 3.10. The van der Waals surface area contributed by atoms with Crippen LogP contribution in [0.25, 0.3) is 38.4 Å². The van der Waals surface area contributed by atoms with Crippen LogP contribution in [0.4, 0.5) is 5.69 Å². The van der Waals surface area contributed by atoms with E-state index in [1.54, 1.807) is 18.5 Å². The SMILES string of the molecule is [C-]#[N+]c1ccc2nc(-c3cncc(-c4c(C)noc4C)c3)n(C)c2c1. The van der Waals surface area contributed by atoms with Crippen LogP contribution in [0.1, 0.15) is 11.5 Å². The molecule has 0 spiro atoms. The summed E-state index contributed by atoms with van der Waals surface area (Å²) in [5.41, 5.74) is 6.03. The lowest BCUT2D eigenvalue weighted by Crippen LogP contribution is -1.94. The van der Waals surface area contributed by atoms with Gasteiger partial charge in [0.05, 0.1) is 23.3 Å². The van der Waals surface area contributed by atoms with Gasteiger partial charge in [0.25, 0.3) is 0 Å². The van der Waals surface area contributed by atoms with Crippen molar-refractivity contribution in [3.05, 3.63) is 59.5 Å². The van der Waals surface area contributed by atoms with Crippen LogP contribution >= 0.6 is 0 Å². The Labute approximate surface area is 144 Å². The Morgan fingerprint density at radius 2 is 1.92 bits per heavy atom. The van der Waals surface area contributed by atoms with Crippen LogP contribution in [0.15, 0.2) is 41.2 Å². The van der Waals surface area contributed by atoms with Gasteiger partial charge in [-0.05, 0) is 32.0 Å². The monoisotopic (exact) mass is 329 g/mol. The van der Waals surface area contributed by atoms with Gasteiger partial charge in [0, 0.05) is 36.1 Å². The molecule has 0 amide bonds. The molecule has 122 valence electrons. The number of nitrogens with zero attached hydrogens (tertiary/aromatic N) is 5. The van der Waals surface area contributed by atoms with Gasteiger partial charge in [-0.25, -0.2) is 9.83 Å². The predicted octanol–water partition coefficient (Wildman–Crippen LogP) is 4.46. The van der Waals surface area contributed by atoms with Gasteiger partial charge in [-0.1, -0.05) is 11.2 Å². The minimum Gasteiger partial charge on any atom is -0.361 e. The topological polar surface area (TPSA) is 61.1 Å². The molecule has 0 bridgehead atoms. The van der Waals surface area contributed by atoms with Gasteiger partial charge in [-0.15, -0.1) is 0 Å². The van der Waals surface area contributed by atoms with E-state index in [4.69, 9.17) is 16.1 Å². The molecule has 3 heterocycles. The Morgan fingerprint density at radius 1 is 1.12 bits per heavy atom. The van der Waals surface area contributed by atoms with Crippen molar-refractivity contribution >= 4 is 16.7 Å². The molecule has 0 fully saturated rings. The summed E-state index contributed by atoms with van der Waals surface area (Å²) in [4.78, 5) is 12.6. The largest absolute Gasteiger partial charge is 0.361 e. The van der Waals surface area contributed by atoms with Crippen molar-refractivity contribution in [3.8, 4) is 22.5 Å². The maximum Gasteiger partial charge on any atom is 0.189 e. The fraction of sp³-hybridized carbons (Fsp3) is 0.158. The average Bonchev–Trinajstić information content (AvgIpc) is 3.14. The molecule has 0 saturated heterocycles. The van der Waals surface area contributed by atoms with Crippen molar-refractivity contribution in [1.29, 1.82) is 0 Å². The summed E-state index contributed by atoms with van der Waals surface area (Å²) in [7, 11) is 1.95. The second kappa shape index (κ2) is 5.56. The number of rotatable bonds is 2. The van der Waals surface area contributed by atoms with E-state index in [1.165, 1.54) is 0 Å². The summed E-state index contributed by atoms with van der Waals surface area (Å²) in [6, 6.07) is 7.54. The van der Waals surface area contributed by atoms with E-state index < -0.39 is 0 Å². The van der Waals surface area contributed by atoms with Gasteiger partial charge in [-0.3, -0.25) is 4.98 Å². The molecule has 6 heteroatoms. The van der Waals surface area contributed by atoms with Gasteiger partial charge in [0.15, 0.2) is 5.69 Å². The van der Waals surface area contributed by atoms with Crippen molar-refractivity contribution < 1.29 is 4.52 Å². The maximum absolute atomic E-state index is 7.18. The highest BCUT2D eigenvalue weighted by atomic mass is 16.5. The Hall–Kier alpha value is -3.46. The first kappa shape index (κ1) is 15.1. The minimum absolute atomic E-state index is 0.602. The zero-order valence-electron chi connectivity index (χ0n) is 14.1. The lowest BCUT2D eigenvalue weighted by molar-refractivity contribution is 0.393. The first-order valence-corrected chi connectivity index (χ1v) is 7.81. The third-order valence-corrected chi connectivity index (χ3v) is 4.31. The lowest BCUT2D eigenvalue weighted by atomic mass is 10.0. The molecule has 0 aliphatic rings. The smallest absolute Gasteiger partial charge is 0.189 e. The van der Waals surface area contributed by atoms with Crippen LogP contribution in [-0.2, 0) is 7.05 Å². The number of imidazole rings is 1. The van der Waals surface area contributed by atoms with Crippen molar-refractivity contribution in [2.45, 2.75) is 13.8 Å². The lowest BCUT2D eigenvalue weighted by Gasteiger charge is -2.05. The van der Waals surface area contributed by atoms with Gasteiger partial charge < -0.3 is 9.09 Å². The van der Waals surface area contributed by atoms with Crippen LogP contribution in [0.2, 0.25) is 0 Å². The fourth-order valence-electron chi connectivity index (χ4n) is 3.10. The number of fused-ring (bicyclic) bond motifs is 1. The summed E-state index contributed by atoms with van der Waals surface area (Å²) >= 11 is 0. The molecule has 0 atom stereocenters. The van der Waals surface area contributed by atoms with E-state index in [0.717, 1.165) is 45.0 Å². The van der Waals surface area contributed by atoms with Gasteiger partial charge >= 0.3 is 0 Å². The number of aryl methyl sites for hydroxylation is 3. The number of aromatic nitrogens is 4. The van der Waals surface area contributed by atoms with Crippen LogP contribution < -0.4 is 0 Å². The van der Waals surface area contributed by atoms with Crippen LogP contribution in [0.3, 0.4) is 0 Å². The number of pyridine rings is 1. The van der Waals surface area contributed by atoms with E-state index in [2.05, 4.69) is 15.0 Å². The van der Waals surface area contributed by atoms with Crippen molar-refractivity contribution in [2.24, 2.45) is 7.05 Å². The third-order valence-electron chi connectivity index (χ3n) is 4.31. The van der Waals surface area contributed by atoms with Crippen molar-refractivity contribution in [2.75, 3.05) is 0 Å². The molecule has 25 heavy (non-hydrogen) atoms. The molecule has 0 saturated carbocycles. The van der Waals surface area contributed by atoms with Crippen molar-refractivity contribution in [1.82, 2.24) is 19.7 Å². The first-order valence-electron chi connectivity index (χ1n) is 7.81. The molecule has 0 aliphatic carbocycles. The standard InChI is InChI=1S/C19H15N5O/c1-11-18(12(2)25-23-11)13-7-14(10-21-9-13)19-22-16-6-5-15(20-3)8-17(16)24(19)4/h5-10H,1-2,4H3. The Morgan fingerprint density at radius 3 is 2.64 bits per heavy atom. The molecule has 0 radical (unpaired) electrons. The first-order chi connectivity index (χ1) is 12.1. The molecular weight excluding hydrogens is 314 g/mol. The zero-order valence-corrected chi connectivity index (χ0v) is 14.1. The van der Waals surface area contributed by atoms with Crippen LogP contribution in [-0.4, -0.2) is 19.7 Å². The molecule has 0 N–H and O–H groups in total. The van der Waals surface area contributed by atoms with Crippen molar-refractivity contribution in [3.63, 3.8) is 0 Å². The minimum atomic E-state index is 0.602. The second-order valence-corrected chi connectivity index (χ2v) is 5.94. The maximum atomic E-state index is 7.18. The van der Waals surface area contributed by atoms with E-state index >= 15 is 0 Å². The van der Waals surface area contributed by atoms with E-state index in [9.17, 15) is 0 Å². The highest BCUT2D eigenvalue weighted by Crippen LogP contribution is 2.31. The summed E-state index contributed by atoms with van der Waals surface area (Å²) in [5, 5.41) is 4.01. The van der Waals surface area contributed by atoms with Crippen LogP contribution in [0, 0.1) is 20.4 Å².